The van der Waals surface area contributed by atoms with Gasteiger partial charge in [-0.05, 0) is 69.7 Å². The number of halogens is 3. The summed E-state index contributed by atoms with van der Waals surface area (Å²) in [5, 5.41) is 1.37. The molecule has 29 heavy (non-hydrogen) atoms. The molecule has 162 valence electrons. The van der Waals surface area contributed by atoms with Crippen LogP contribution in [0.15, 0.2) is 12.1 Å². The topological polar surface area (TPSA) is 32.8 Å². The van der Waals surface area contributed by atoms with Crippen molar-refractivity contribution in [2.45, 2.75) is 57.6 Å². The summed E-state index contributed by atoms with van der Waals surface area (Å²) in [6.45, 7) is 3.84. The average Bonchev–Trinajstić information content (AvgIpc) is 3.10. The van der Waals surface area contributed by atoms with Crippen molar-refractivity contribution in [2.24, 2.45) is 11.8 Å². The van der Waals surface area contributed by atoms with Crippen LogP contribution in [-0.2, 0) is 11.3 Å². The minimum Gasteiger partial charge on any atom is -0.489 e. The standard InChI is InChI=1S/C22H30Cl2N2O2.ClH/c1-25(22(27)16-5-4-6-16)13-15-11-17(12-15)28-20-8-7-19(23)18(21(20)24)14-26-9-2-3-10-26;/h7-8,15-17H,2-6,9-14H2,1H3;1H. The van der Waals surface area contributed by atoms with Gasteiger partial charge in [0.25, 0.3) is 0 Å². The lowest BCUT2D eigenvalue weighted by Gasteiger charge is -2.39. The molecule has 0 aromatic heterocycles. The molecule has 0 unspecified atom stereocenters. The second-order valence-electron chi connectivity index (χ2n) is 8.75. The fourth-order valence-corrected chi connectivity index (χ4v) is 5.05. The highest BCUT2D eigenvalue weighted by atomic mass is 35.5. The zero-order chi connectivity index (χ0) is 19.7. The van der Waals surface area contributed by atoms with E-state index in [1.165, 1.54) is 19.3 Å². The Hall–Kier alpha value is -0.680. The maximum Gasteiger partial charge on any atom is 0.225 e. The van der Waals surface area contributed by atoms with Crippen LogP contribution in [-0.4, -0.2) is 48.5 Å². The van der Waals surface area contributed by atoms with Crippen LogP contribution in [0, 0.1) is 11.8 Å². The van der Waals surface area contributed by atoms with E-state index in [2.05, 4.69) is 4.90 Å². The lowest BCUT2D eigenvalue weighted by atomic mass is 9.80. The maximum atomic E-state index is 12.3. The second kappa shape index (κ2) is 10.1. The molecule has 7 heteroatoms. The molecule has 0 atom stereocenters. The van der Waals surface area contributed by atoms with Gasteiger partial charge in [-0.25, -0.2) is 0 Å². The first-order valence-corrected chi connectivity index (χ1v) is 11.4. The minimum atomic E-state index is 0. The highest BCUT2D eigenvalue weighted by Gasteiger charge is 2.35. The second-order valence-corrected chi connectivity index (χ2v) is 9.53. The van der Waals surface area contributed by atoms with Gasteiger partial charge in [-0.15, -0.1) is 12.4 Å². The molecule has 0 spiro atoms. The monoisotopic (exact) mass is 460 g/mol. The van der Waals surface area contributed by atoms with E-state index in [-0.39, 0.29) is 24.4 Å². The van der Waals surface area contributed by atoms with Crippen LogP contribution < -0.4 is 4.74 Å². The number of benzene rings is 1. The van der Waals surface area contributed by atoms with E-state index in [4.69, 9.17) is 27.9 Å². The number of carbonyl (C=O) groups is 1. The van der Waals surface area contributed by atoms with Crippen LogP contribution in [0.4, 0.5) is 0 Å². The zero-order valence-electron chi connectivity index (χ0n) is 17.0. The fraction of sp³-hybridized carbons (Fsp3) is 0.682. The minimum absolute atomic E-state index is 0. The van der Waals surface area contributed by atoms with Crippen LogP contribution in [0.25, 0.3) is 0 Å². The van der Waals surface area contributed by atoms with Crippen LogP contribution in [0.5, 0.6) is 5.75 Å². The summed E-state index contributed by atoms with van der Waals surface area (Å²) in [4.78, 5) is 16.6. The summed E-state index contributed by atoms with van der Waals surface area (Å²) >= 11 is 13.1. The van der Waals surface area contributed by atoms with Gasteiger partial charge in [0.1, 0.15) is 5.75 Å². The Labute approximate surface area is 190 Å². The number of hydrogen-bond acceptors (Lipinski definition) is 3. The van der Waals surface area contributed by atoms with Crippen molar-refractivity contribution >= 4 is 41.5 Å². The molecule has 1 heterocycles. The molecule has 1 amide bonds. The molecule has 2 saturated carbocycles. The predicted molar refractivity (Wildman–Crippen MR) is 120 cm³/mol. The van der Waals surface area contributed by atoms with Gasteiger partial charge < -0.3 is 9.64 Å². The Morgan fingerprint density at radius 2 is 1.86 bits per heavy atom. The number of rotatable bonds is 7. The van der Waals surface area contributed by atoms with Crippen LogP contribution in [0.2, 0.25) is 10.0 Å². The first-order valence-electron chi connectivity index (χ1n) is 10.6. The lowest BCUT2D eigenvalue weighted by Crippen LogP contribution is -2.44. The molecular weight excluding hydrogens is 431 g/mol. The van der Waals surface area contributed by atoms with Crippen LogP contribution in [0.1, 0.15) is 50.5 Å². The molecule has 4 rings (SSSR count). The molecular formula is C22H31Cl3N2O2. The normalized spacial score (nSPS) is 24.4. The quantitative estimate of drug-likeness (QED) is 0.543. The van der Waals surface area contributed by atoms with Gasteiger partial charge in [0.2, 0.25) is 5.91 Å². The number of ether oxygens (including phenoxy) is 1. The first-order chi connectivity index (χ1) is 13.5. The van der Waals surface area contributed by atoms with E-state index in [1.54, 1.807) is 0 Å². The molecule has 1 aliphatic heterocycles. The molecule has 3 fully saturated rings. The fourth-order valence-electron chi connectivity index (χ4n) is 4.52. The molecule has 0 bridgehead atoms. The van der Waals surface area contributed by atoms with Crippen molar-refractivity contribution in [3.8, 4) is 5.75 Å². The van der Waals surface area contributed by atoms with Crippen LogP contribution >= 0.6 is 35.6 Å². The first kappa shape index (κ1) is 23.0. The zero-order valence-corrected chi connectivity index (χ0v) is 19.4. The summed E-state index contributed by atoms with van der Waals surface area (Å²) in [6.07, 6.45) is 7.94. The summed E-state index contributed by atoms with van der Waals surface area (Å²) in [5.74, 6) is 1.86. The predicted octanol–water partition coefficient (Wildman–Crippen LogP) is 5.43. The van der Waals surface area contributed by atoms with E-state index < -0.39 is 0 Å². The Kier molecular flexibility index (Phi) is 8.00. The molecule has 1 saturated heterocycles. The maximum absolute atomic E-state index is 12.3. The molecule has 1 aromatic rings. The van der Waals surface area contributed by atoms with Crippen molar-refractivity contribution in [3.05, 3.63) is 27.7 Å². The van der Waals surface area contributed by atoms with Crippen molar-refractivity contribution in [3.63, 3.8) is 0 Å². The van der Waals surface area contributed by atoms with Gasteiger partial charge in [0.15, 0.2) is 0 Å². The van der Waals surface area contributed by atoms with Crippen molar-refractivity contribution in [1.82, 2.24) is 9.80 Å². The Balaban J connectivity index is 0.00000240. The highest BCUT2D eigenvalue weighted by Crippen LogP contribution is 2.39. The Morgan fingerprint density at radius 3 is 2.48 bits per heavy atom. The van der Waals surface area contributed by atoms with Gasteiger partial charge in [0, 0.05) is 36.6 Å². The van der Waals surface area contributed by atoms with Gasteiger partial charge in [-0.3, -0.25) is 9.69 Å². The number of nitrogens with zero attached hydrogens (tertiary/aromatic N) is 2. The number of likely N-dealkylation sites (tertiary alicyclic amines) is 1. The third-order valence-corrected chi connectivity index (χ3v) is 7.35. The van der Waals surface area contributed by atoms with Crippen molar-refractivity contribution in [1.29, 1.82) is 0 Å². The number of amides is 1. The molecule has 4 nitrogen and oxygen atoms in total. The largest absolute Gasteiger partial charge is 0.489 e. The molecule has 0 radical (unpaired) electrons. The van der Waals surface area contributed by atoms with Gasteiger partial charge >= 0.3 is 0 Å². The highest BCUT2D eigenvalue weighted by molar-refractivity contribution is 6.36. The summed E-state index contributed by atoms with van der Waals surface area (Å²) in [5.41, 5.74) is 0.976. The smallest absolute Gasteiger partial charge is 0.225 e. The van der Waals surface area contributed by atoms with E-state index in [9.17, 15) is 4.79 Å². The van der Waals surface area contributed by atoms with Crippen molar-refractivity contribution < 1.29 is 9.53 Å². The lowest BCUT2D eigenvalue weighted by molar-refractivity contribution is -0.138. The van der Waals surface area contributed by atoms with E-state index in [1.807, 2.05) is 24.1 Å². The molecule has 0 N–H and O–H groups in total. The van der Waals surface area contributed by atoms with E-state index in [0.29, 0.717) is 21.9 Å². The number of carbonyl (C=O) groups excluding carboxylic acids is 1. The van der Waals surface area contributed by atoms with E-state index >= 15 is 0 Å². The van der Waals surface area contributed by atoms with E-state index in [0.717, 1.165) is 63.2 Å². The van der Waals surface area contributed by atoms with Crippen molar-refractivity contribution in [2.75, 3.05) is 26.7 Å². The Morgan fingerprint density at radius 1 is 1.17 bits per heavy atom. The average molecular weight is 462 g/mol. The van der Waals surface area contributed by atoms with Gasteiger partial charge in [-0.2, -0.15) is 0 Å². The summed E-state index contributed by atoms with van der Waals surface area (Å²) in [6, 6.07) is 3.78. The van der Waals surface area contributed by atoms with Gasteiger partial charge in [-0.1, -0.05) is 29.6 Å². The summed E-state index contributed by atoms with van der Waals surface area (Å²) < 4.78 is 6.18. The SMILES string of the molecule is CN(CC1CC(Oc2ccc(Cl)c(CN3CCCC3)c2Cl)C1)C(=O)C1CCC1.Cl. The summed E-state index contributed by atoms with van der Waals surface area (Å²) in [7, 11) is 1.94. The Bertz CT molecular complexity index is 714. The molecule has 1 aromatic carbocycles. The van der Waals surface area contributed by atoms with Crippen LogP contribution in [0.3, 0.4) is 0 Å². The third kappa shape index (κ3) is 5.33. The van der Waals surface area contributed by atoms with Gasteiger partial charge in [0.05, 0.1) is 11.1 Å². The molecule has 3 aliphatic rings. The number of hydrogen-bond donors (Lipinski definition) is 0. The molecule has 2 aliphatic carbocycles. The third-order valence-electron chi connectivity index (χ3n) is 6.58.